The lowest BCUT2D eigenvalue weighted by atomic mass is 10.2. The number of rotatable bonds is 9. The van der Waals surface area contributed by atoms with Crippen LogP contribution in [0.1, 0.15) is 25.7 Å². The van der Waals surface area contributed by atoms with Crippen LogP contribution >= 0.6 is 15.9 Å². The Morgan fingerprint density at radius 2 is 1.95 bits per heavy atom. The molecule has 0 spiro atoms. The largest absolute Gasteiger partial charge is 0.494 e. The third-order valence-electron chi connectivity index (χ3n) is 2.58. The Morgan fingerprint density at radius 3 is 2.63 bits per heavy atom. The minimum atomic E-state index is 0.0945. The van der Waals surface area contributed by atoms with Gasteiger partial charge in [0.15, 0.2) is 0 Å². The first-order valence-corrected chi connectivity index (χ1v) is 7.37. The Bertz CT molecular complexity index is 368. The fraction of sp³-hybridized carbons (Fsp3) is 0.500. The van der Waals surface area contributed by atoms with Crippen molar-refractivity contribution in [1.82, 2.24) is 5.32 Å². The van der Waals surface area contributed by atoms with E-state index in [1.165, 1.54) is 0 Å². The average molecular weight is 329 g/mol. The normalized spacial score (nSPS) is 10.2. The van der Waals surface area contributed by atoms with Crippen LogP contribution in [0, 0.1) is 0 Å². The number of unbranched alkanes of at least 4 members (excludes halogenated alkanes) is 1. The fourth-order valence-corrected chi connectivity index (χ4v) is 1.79. The van der Waals surface area contributed by atoms with Crippen LogP contribution < -0.4 is 15.8 Å². The summed E-state index contributed by atoms with van der Waals surface area (Å²) in [5.41, 5.74) is 5.35. The number of amides is 1. The van der Waals surface area contributed by atoms with Gasteiger partial charge in [0.25, 0.3) is 0 Å². The van der Waals surface area contributed by atoms with E-state index in [-0.39, 0.29) is 5.91 Å². The van der Waals surface area contributed by atoms with Crippen LogP contribution in [0.3, 0.4) is 0 Å². The second kappa shape index (κ2) is 9.81. The zero-order chi connectivity index (χ0) is 13.9. The van der Waals surface area contributed by atoms with Crippen molar-refractivity contribution in [3.05, 3.63) is 28.7 Å². The average Bonchev–Trinajstić information content (AvgIpc) is 2.41. The number of nitrogens with one attached hydrogen (secondary N) is 1. The molecule has 0 unspecified atom stereocenters. The van der Waals surface area contributed by atoms with Gasteiger partial charge in [0.2, 0.25) is 5.91 Å². The van der Waals surface area contributed by atoms with E-state index in [0.29, 0.717) is 26.1 Å². The highest BCUT2D eigenvalue weighted by atomic mass is 79.9. The number of nitrogens with two attached hydrogens (primary N) is 1. The van der Waals surface area contributed by atoms with Gasteiger partial charge in [-0.25, -0.2) is 0 Å². The summed E-state index contributed by atoms with van der Waals surface area (Å²) in [6.07, 6.45) is 3.10. The highest BCUT2D eigenvalue weighted by Gasteiger charge is 2.00. The quantitative estimate of drug-likeness (QED) is 0.684. The van der Waals surface area contributed by atoms with Gasteiger partial charge in [-0.15, -0.1) is 0 Å². The minimum Gasteiger partial charge on any atom is -0.494 e. The van der Waals surface area contributed by atoms with Gasteiger partial charge in [-0.05, 0) is 50.1 Å². The molecule has 1 amide bonds. The van der Waals surface area contributed by atoms with Crippen molar-refractivity contribution in [1.29, 1.82) is 0 Å². The van der Waals surface area contributed by atoms with E-state index in [9.17, 15) is 4.79 Å². The van der Waals surface area contributed by atoms with E-state index in [0.717, 1.165) is 29.5 Å². The van der Waals surface area contributed by atoms with Crippen molar-refractivity contribution in [2.24, 2.45) is 5.73 Å². The molecule has 0 bridgehead atoms. The van der Waals surface area contributed by atoms with Crippen molar-refractivity contribution in [3.63, 3.8) is 0 Å². The first kappa shape index (κ1) is 16.0. The molecule has 3 N–H and O–H groups in total. The monoisotopic (exact) mass is 328 g/mol. The van der Waals surface area contributed by atoms with Crippen molar-refractivity contribution in [2.75, 3.05) is 19.7 Å². The molecule has 4 nitrogen and oxygen atoms in total. The van der Waals surface area contributed by atoms with Gasteiger partial charge in [0.05, 0.1) is 6.61 Å². The maximum absolute atomic E-state index is 11.4. The zero-order valence-electron chi connectivity index (χ0n) is 11.0. The summed E-state index contributed by atoms with van der Waals surface area (Å²) in [5, 5.41) is 2.83. The predicted octanol–water partition coefficient (Wildman–Crippen LogP) is 2.46. The predicted molar refractivity (Wildman–Crippen MR) is 80.2 cm³/mol. The maximum atomic E-state index is 11.4. The van der Waals surface area contributed by atoms with Gasteiger partial charge in [-0.2, -0.15) is 0 Å². The van der Waals surface area contributed by atoms with Crippen LogP contribution in [0.2, 0.25) is 0 Å². The maximum Gasteiger partial charge on any atom is 0.219 e. The lowest BCUT2D eigenvalue weighted by Crippen LogP contribution is -2.25. The third kappa shape index (κ3) is 7.85. The molecule has 1 aromatic rings. The van der Waals surface area contributed by atoms with Gasteiger partial charge in [0, 0.05) is 17.4 Å². The van der Waals surface area contributed by atoms with Gasteiger partial charge in [-0.1, -0.05) is 15.9 Å². The van der Waals surface area contributed by atoms with Crippen LogP contribution in [-0.4, -0.2) is 25.6 Å². The standard InChI is InChI=1S/C14H21BrN2O2/c15-12-5-7-13(8-6-12)19-11-2-1-4-14(18)17-10-3-9-16/h5-8H,1-4,9-11,16H2,(H,17,18). The molecule has 0 heterocycles. The van der Waals surface area contributed by atoms with Crippen LogP contribution in [0.25, 0.3) is 0 Å². The van der Waals surface area contributed by atoms with E-state index in [4.69, 9.17) is 10.5 Å². The summed E-state index contributed by atoms with van der Waals surface area (Å²) < 4.78 is 6.61. The summed E-state index contributed by atoms with van der Waals surface area (Å²) in [4.78, 5) is 11.4. The van der Waals surface area contributed by atoms with Crippen LogP contribution in [0.15, 0.2) is 28.7 Å². The van der Waals surface area contributed by atoms with Gasteiger partial charge >= 0.3 is 0 Å². The zero-order valence-corrected chi connectivity index (χ0v) is 12.6. The molecule has 5 heteroatoms. The van der Waals surface area contributed by atoms with Crippen LogP contribution in [-0.2, 0) is 4.79 Å². The lowest BCUT2D eigenvalue weighted by Gasteiger charge is -2.06. The Balaban J connectivity index is 2.01. The highest BCUT2D eigenvalue weighted by molar-refractivity contribution is 9.10. The molecule has 0 aliphatic rings. The summed E-state index contributed by atoms with van der Waals surface area (Å²) in [7, 11) is 0. The molecule has 0 aromatic heterocycles. The Kier molecular flexibility index (Phi) is 8.25. The van der Waals surface area contributed by atoms with Gasteiger partial charge in [-0.3, -0.25) is 4.79 Å². The summed E-state index contributed by atoms with van der Waals surface area (Å²) >= 11 is 3.37. The van der Waals surface area contributed by atoms with E-state index < -0.39 is 0 Å². The molecular formula is C14H21BrN2O2. The second-order valence-electron chi connectivity index (χ2n) is 4.25. The second-order valence-corrected chi connectivity index (χ2v) is 5.17. The molecule has 1 aromatic carbocycles. The molecule has 106 valence electrons. The molecule has 19 heavy (non-hydrogen) atoms. The molecule has 0 atom stereocenters. The molecule has 1 rings (SSSR count). The third-order valence-corrected chi connectivity index (χ3v) is 3.11. The Morgan fingerprint density at radius 1 is 1.21 bits per heavy atom. The van der Waals surface area contributed by atoms with Gasteiger partial charge < -0.3 is 15.8 Å². The van der Waals surface area contributed by atoms with E-state index in [2.05, 4.69) is 21.2 Å². The number of ether oxygens (including phenoxy) is 1. The van der Waals surface area contributed by atoms with Crippen molar-refractivity contribution in [2.45, 2.75) is 25.7 Å². The lowest BCUT2D eigenvalue weighted by molar-refractivity contribution is -0.121. The van der Waals surface area contributed by atoms with E-state index in [1.807, 2.05) is 24.3 Å². The van der Waals surface area contributed by atoms with Gasteiger partial charge in [0.1, 0.15) is 5.75 Å². The number of hydrogen-bond donors (Lipinski definition) is 2. The minimum absolute atomic E-state index is 0.0945. The number of carbonyl (C=O) groups excluding carboxylic acids is 1. The molecule has 0 saturated carbocycles. The first-order chi connectivity index (χ1) is 9.22. The van der Waals surface area contributed by atoms with Crippen molar-refractivity contribution in [3.8, 4) is 5.75 Å². The molecule has 0 fully saturated rings. The smallest absolute Gasteiger partial charge is 0.219 e. The van der Waals surface area contributed by atoms with E-state index >= 15 is 0 Å². The number of carbonyl (C=O) groups is 1. The highest BCUT2D eigenvalue weighted by Crippen LogP contribution is 2.16. The Hall–Kier alpha value is -1.07. The summed E-state index contributed by atoms with van der Waals surface area (Å²) in [5.74, 6) is 0.952. The number of halogens is 1. The molecular weight excluding hydrogens is 308 g/mol. The fourth-order valence-electron chi connectivity index (χ4n) is 1.53. The molecule has 0 aliphatic heterocycles. The summed E-state index contributed by atoms with van der Waals surface area (Å²) in [6, 6.07) is 7.73. The molecule has 0 radical (unpaired) electrons. The Labute approximate surface area is 122 Å². The SMILES string of the molecule is NCCCNC(=O)CCCCOc1ccc(Br)cc1. The molecule has 0 saturated heterocycles. The van der Waals surface area contributed by atoms with Crippen LogP contribution in [0.4, 0.5) is 0 Å². The van der Waals surface area contributed by atoms with Crippen LogP contribution in [0.5, 0.6) is 5.75 Å². The van der Waals surface area contributed by atoms with E-state index in [1.54, 1.807) is 0 Å². The van der Waals surface area contributed by atoms with Crippen molar-refractivity contribution < 1.29 is 9.53 Å². The number of benzene rings is 1. The first-order valence-electron chi connectivity index (χ1n) is 6.57. The summed E-state index contributed by atoms with van der Waals surface area (Å²) in [6.45, 7) is 1.92. The van der Waals surface area contributed by atoms with Crippen molar-refractivity contribution >= 4 is 21.8 Å². The molecule has 0 aliphatic carbocycles. The number of hydrogen-bond acceptors (Lipinski definition) is 3. The topological polar surface area (TPSA) is 64.3 Å².